The maximum Gasteiger partial charge on any atom is 0.259 e. The van der Waals surface area contributed by atoms with Gasteiger partial charge in [0, 0.05) is 18.8 Å². The summed E-state index contributed by atoms with van der Waals surface area (Å²) in [4.78, 5) is 23.1. The molecule has 4 rings (SSSR count). The first-order valence-electron chi connectivity index (χ1n) is 7.77. The van der Waals surface area contributed by atoms with E-state index in [0.717, 1.165) is 16.3 Å². The van der Waals surface area contributed by atoms with Gasteiger partial charge in [-0.3, -0.25) is 9.78 Å². The van der Waals surface area contributed by atoms with E-state index in [-0.39, 0.29) is 17.7 Å². The van der Waals surface area contributed by atoms with Crippen molar-refractivity contribution in [3.8, 4) is 10.8 Å². The minimum absolute atomic E-state index is 0.0572. The summed E-state index contributed by atoms with van der Waals surface area (Å²) in [5.74, 6) is 0.234. The molecule has 1 unspecified atom stereocenters. The number of amides is 1. The fourth-order valence-electron chi connectivity index (χ4n) is 2.67. The lowest BCUT2D eigenvalue weighted by molar-refractivity contribution is -0.119. The summed E-state index contributed by atoms with van der Waals surface area (Å²) in [6, 6.07) is 1.84. The molecule has 7 nitrogen and oxygen atoms in total. The molecule has 0 N–H and O–H groups in total. The van der Waals surface area contributed by atoms with Crippen LogP contribution in [0.1, 0.15) is 36.0 Å². The highest BCUT2D eigenvalue weighted by Crippen LogP contribution is 2.31. The molecule has 25 heavy (non-hydrogen) atoms. The third-order valence-electron chi connectivity index (χ3n) is 3.92. The summed E-state index contributed by atoms with van der Waals surface area (Å²) in [7, 11) is 0. The molecule has 3 aromatic heterocycles. The zero-order valence-electron chi connectivity index (χ0n) is 13.3. The average Bonchev–Trinajstić information content (AvgIpc) is 3.26. The zero-order chi connectivity index (χ0) is 17.4. The van der Waals surface area contributed by atoms with Crippen molar-refractivity contribution >= 4 is 22.9 Å². The number of nitrogens with zero attached hydrogens (tertiary/aromatic N) is 5. The Labute approximate surface area is 146 Å². The largest absolute Gasteiger partial charge is 0.417 e. The molecule has 0 aliphatic carbocycles. The minimum Gasteiger partial charge on any atom is -0.417 e. The average molecular weight is 359 g/mol. The summed E-state index contributed by atoms with van der Waals surface area (Å²) < 4.78 is 18.5. The van der Waals surface area contributed by atoms with Gasteiger partial charge >= 0.3 is 0 Å². The summed E-state index contributed by atoms with van der Waals surface area (Å²) in [6.07, 6.45) is 4.91. The number of hydrogen-bond acceptors (Lipinski definition) is 7. The Bertz CT molecular complexity index is 923. The van der Waals surface area contributed by atoms with Crippen molar-refractivity contribution in [3.63, 3.8) is 0 Å². The first-order valence-corrected chi connectivity index (χ1v) is 8.59. The lowest BCUT2D eigenvalue weighted by Crippen LogP contribution is -2.34. The smallest absolute Gasteiger partial charge is 0.259 e. The van der Waals surface area contributed by atoms with Gasteiger partial charge in [0.15, 0.2) is 6.17 Å². The third kappa shape index (κ3) is 3.02. The van der Waals surface area contributed by atoms with Crippen LogP contribution < -0.4 is 4.90 Å². The van der Waals surface area contributed by atoms with Gasteiger partial charge in [-0.25, -0.2) is 9.37 Å². The molecular weight excluding hydrogens is 345 g/mol. The van der Waals surface area contributed by atoms with Crippen LogP contribution in [0, 0.1) is 0 Å². The van der Waals surface area contributed by atoms with Crippen molar-refractivity contribution < 1.29 is 13.6 Å². The first-order chi connectivity index (χ1) is 12.1. The quantitative estimate of drug-likeness (QED) is 0.712. The van der Waals surface area contributed by atoms with Crippen molar-refractivity contribution in [2.45, 2.75) is 32.5 Å². The summed E-state index contributed by atoms with van der Waals surface area (Å²) in [5, 5.41) is 8.26. The van der Waals surface area contributed by atoms with Crippen molar-refractivity contribution in [2.24, 2.45) is 0 Å². The summed E-state index contributed by atoms with van der Waals surface area (Å²) in [6.45, 7) is 1.70. The molecule has 1 amide bonds. The number of fused-ring (bicyclic) bond motifs is 1. The molecule has 1 aliphatic rings. The number of thiazole rings is 1. The van der Waals surface area contributed by atoms with Crippen LogP contribution in [0.15, 0.2) is 29.1 Å². The Morgan fingerprint density at radius 3 is 3.04 bits per heavy atom. The maximum absolute atomic E-state index is 13.2. The molecule has 0 radical (unpaired) electrons. The van der Waals surface area contributed by atoms with Crippen LogP contribution in [0.25, 0.3) is 10.8 Å². The van der Waals surface area contributed by atoms with E-state index in [4.69, 9.17) is 4.42 Å². The van der Waals surface area contributed by atoms with E-state index >= 15 is 0 Å². The van der Waals surface area contributed by atoms with Gasteiger partial charge < -0.3 is 9.32 Å². The Hall–Kier alpha value is -2.68. The van der Waals surface area contributed by atoms with Gasteiger partial charge in [-0.15, -0.1) is 21.5 Å². The first kappa shape index (κ1) is 15.8. The molecule has 4 heterocycles. The summed E-state index contributed by atoms with van der Waals surface area (Å²) in [5.41, 5.74) is 1.92. The Kier molecular flexibility index (Phi) is 4.00. The van der Waals surface area contributed by atoms with Gasteiger partial charge in [-0.2, -0.15) is 0 Å². The zero-order valence-corrected chi connectivity index (χ0v) is 14.2. The summed E-state index contributed by atoms with van der Waals surface area (Å²) >= 11 is 1.34. The third-order valence-corrected chi connectivity index (χ3v) is 4.89. The molecular formula is C16H14FN5O2S. The van der Waals surface area contributed by atoms with Crippen molar-refractivity contribution in [1.82, 2.24) is 20.2 Å². The van der Waals surface area contributed by atoms with Crippen molar-refractivity contribution in [1.29, 1.82) is 0 Å². The second kappa shape index (κ2) is 6.32. The Morgan fingerprint density at radius 2 is 2.24 bits per heavy atom. The number of aromatic nitrogens is 4. The van der Waals surface area contributed by atoms with E-state index in [0.29, 0.717) is 24.3 Å². The number of rotatable bonds is 4. The number of carbonyl (C=O) groups is 1. The molecule has 0 saturated heterocycles. The fraction of sp³-hybridized carbons (Fsp3) is 0.312. The predicted octanol–water partition coefficient (Wildman–Crippen LogP) is 3.10. The lowest BCUT2D eigenvalue weighted by Gasteiger charge is -2.28. The molecule has 1 aliphatic heterocycles. The normalized spacial score (nSPS) is 15.3. The minimum atomic E-state index is -1.32. The molecule has 0 saturated carbocycles. The van der Waals surface area contributed by atoms with Gasteiger partial charge in [-0.1, -0.05) is 0 Å². The molecule has 0 fully saturated rings. The second-order valence-corrected chi connectivity index (χ2v) is 6.78. The number of pyridine rings is 1. The van der Waals surface area contributed by atoms with E-state index in [1.807, 2.05) is 6.07 Å². The van der Waals surface area contributed by atoms with Crippen LogP contribution in [0.2, 0.25) is 0 Å². The number of aryl methyl sites for hydroxylation is 1. The maximum atomic E-state index is 13.2. The molecule has 1 atom stereocenters. The van der Waals surface area contributed by atoms with Gasteiger partial charge in [0.05, 0.1) is 18.4 Å². The highest BCUT2D eigenvalue weighted by molar-refractivity contribution is 7.15. The Morgan fingerprint density at radius 1 is 1.36 bits per heavy atom. The van der Waals surface area contributed by atoms with Crippen molar-refractivity contribution in [3.05, 3.63) is 41.1 Å². The van der Waals surface area contributed by atoms with E-state index in [1.165, 1.54) is 18.3 Å². The second-order valence-electron chi connectivity index (χ2n) is 5.66. The fourth-order valence-corrected chi connectivity index (χ4v) is 3.50. The van der Waals surface area contributed by atoms with Crippen LogP contribution in [-0.4, -0.2) is 26.1 Å². The topological polar surface area (TPSA) is 85.0 Å². The van der Waals surface area contributed by atoms with Crippen LogP contribution in [0.5, 0.6) is 0 Å². The van der Waals surface area contributed by atoms with Gasteiger partial charge in [-0.05, 0) is 25.0 Å². The number of alkyl halides is 1. The van der Waals surface area contributed by atoms with E-state index in [9.17, 15) is 9.18 Å². The highest BCUT2D eigenvalue weighted by atomic mass is 32.1. The van der Waals surface area contributed by atoms with Crippen LogP contribution in [0.3, 0.4) is 0 Å². The molecule has 9 heteroatoms. The molecule has 0 bridgehead atoms. The van der Waals surface area contributed by atoms with Crippen LogP contribution in [0.4, 0.5) is 10.1 Å². The molecule has 128 valence electrons. The highest BCUT2D eigenvalue weighted by Gasteiger charge is 2.25. The van der Waals surface area contributed by atoms with Gasteiger partial charge in [0.2, 0.25) is 5.91 Å². The molecule has 0 aromatic carbocycles. The molecule has 3 aromatic rings. The standard InChI is InChI=1S/C16H14FN5O2S/c1-9(17)15-20-21-16(24-15)12-7-19-13(25-12)8-22-11-4-5-18-6-10(11)2-3-14(22)23/h4-7,9H,2-3,8H2,1H3. The van der Waals surface area contributed by atoms with E-state index < -0.39 is 6.17 Å². The van der Waals surface area contributed by atoms with Gasteiger partial charge in [0.25, 0.3) is 11.8 Å². The van der Waals surface area contributed by atoms with Gasteiger partial charge in [0.1, 0.15) is 9.88 Å². The van der Waals surface area contributed by atoms with Crippen molar-refractivity contribution in [2.75, 3.05) is 4.90 Å². The van der Waals surface area contributed by atoms with E-state index in [2.05, 4.69) is 20.2 Å². The number of carbonyl (C=O) groups excluding carboxylic acids is 1. The number of anilines is 1. The predicted molar refractivity (Wildman–Crippen MR) is 88.7 cm³/mol. The van der Waals surface area contributed by atoms with Crippen LogP contribution in [-0.2, 0) is 17.8 Å². The number of halogens is 1. The SMILES string of the molecule is CC(F)c1nnc(-c2cnc(CN3C(=O)CCc4cnccc43)s2)o1. The van der Waals surface area contributed by atoms with E-state index in [1.54, 1.807) is 23.5 Å². The monoisotopic (exact) mass is 359 g/mol. The number of hydrogen-bond donors (Lipinski definition) is 0. The Balaban J connectivity index is 1.58. The molecule has 0 spiro atoms. The van der Waals surface area contributed by atoms with Crippen LogP contribution >= 0.6 is 11.3 Å². The lowest BCUT2D eigenvalue weighted by atomic mass is 10.0.